The second kappa shape index (κ2) is 18.6. The van der Waals surface area contributed by atoms with Crippen LogP contribution in [0.1, 0.15) is 95.1 Å². The van der Waals surface area contributed by atoms with Crippen molar-refractivity contribution in [1.29, 1.82) is 0 Å². The number of rotatable bonds is 14. The van der Waals surface area contributed by atoms with Crippen LogP contribution < -0.4 is 16.0 Å². The van der Waals surface area contributed by atoms with Crippen LogP contribution in [-0.2, 0) is 25.5 Å². The predicted octanol–water partition coefficient (Wildman–Crippen LogP) is 8.68. The van der Waals surface area contributed by atoms with Gasteiger partial charge < -0.3 is 40.2 Å². The first-order chi connectivity index (χ1) is 30.4. The molecule has 6 atom stereocenters. The number of carbonyl (C=O) groups excluding carboxylic acids is 4. The zero-order valence-corrected chi connectivity index (χ0v) is 38.0. The van der Waals surface area contributed by atoms with Crippen molar-refractivity contribution in [2.45, 2.75) is 103 Å². The lowest BCUT2D eigenvalue weighted by molar-refractivity contribution is -0.136. The summed E-state index contributed by atoms with van der Waals surface area (Å²) in [6.07, 6.45) is 7.56. The molecular formula is C48H60N8O6S. The molecular weight excluding hydrogens is 817 g/mol. The van der Waals surface area contributed by atoms with E-state index in [9.17, 15) is 19.2 Å². The SMILES string of the molecule is C=Nc1ccc(-c2sc(-c3ccc(-c4cnc(C5CCCN5C(=O)C(NC(=O)OC)C(C)C)[nH]4)cc3)c3c2CC2CCC32)cc1NCC1CCCN1C(=O)C(NC(=O)OC)C(C)C. The van der Waals surface area contributed by atoms with Crippen LogP contribution in [0.15, 0.2) is 53.7 Å². The van der Waals surface area contributed by atoms with Crippen molar-refractivity contribution in [2.24, 2.45) is 22.7 Å². The Kier molecular flexibility index (Phi) is 12.9. The van der Waals surface area contributed by atoms with Crippen molar-refractivity contribution >= 4 is 53.4 Å². The van der Waals surface area contributed by atoms with Gasteiger partial charge in [0.05, 0.1) is 43.5 Å². The molecule has 4 amide bonds. The standard InChI is InChI=1S/C48H60N8O6S/c1-26(2)40(53-47(59)61-6)45(57)55-20-8-10-32(55)24-50-36-23-31(17-19-35(36)49-5)42-34-22-30-16-18-33(30)39(34)43(63-42)29-14-12-28(13-15-29)37-25-51-44(52-37)38-11-9-21-56(38)46(58)41(27(3)4)54-48(60)62-7/h12-15,17,19,23,25-27,30,32-33,38,40-41,50H,5,8-11,16,18,20-22,24H2,1-4,6-7H3,(H,51,52)(H,53,59)(H,54,60). The number of aromatic nitrogens is 2. The number of methoxy groups -OCH3 is 2. The summed E-state index contributed by atoms with van der Waals surface area (Å²) in [6, 6.07) is 13.5. The van der Waals surface area contributed by atoms with Gasteiger partial charge in [-0.25, -0.2) is 14.6 Å². The molecule has 4 heterocycles. The van der Waals surface area contributed by atoms with Crippen LogP contribution in [-0.4, -0.2) is 102 Å². The number of likely N-dealkylation sites (tertiary alicyclic amines) is 2. The molecule has 2 aliphatic heterocycles. The Labute approximate surface area is 373 Å². The Balaban J connectivity index is 1.01. The normalized spacial score (nSPS) is 21.1. The number of hydrogen-bond acceptors (Lipinski definition) is 10. The number of thiophene rings is 1. The number of nitrogens with zero attached hydrogens (tertiary/aromatic N) is 4. The van der Waals surface area contributed by atoms with E-state index in [0.29, 0.717) is 31.5 Å². The summed E-state index contributed by atoms with van der Waals surface area (Å²) in [5, 5.41) is 9.10. The first-order valence-corrected chi connectivity index (χ1v) is 23.2. The van der Waals surface area contributed by atoms with Gasteiger partial charge >= 0.3 is 12.2 Å². The number of H-pyrrole nitrogens is 1. The van der Waals surface area contributed by atoms with Gasteiger partial charge in [-0.15, -0.1) is 11.3 Å². The minimum Gasteiger partial charge on any atom is -0.453 e. The van der Waals surface area contributed by atoms with Gasteiger partial charge in [-0.3, -0.25) is 14.6 Å². The van der Waals surface area contributed by atoms with Gasteiger partial charge in [0, 0.05) is 35.4 Å². The molecule has 2 aliphatic carbocycles. The molecule has 334 valence electrons. The number of carbonyl (C=O) groups is 4. The third-order valence-electron chi connectivity index (χ3n) is 13.6. The Morgan fingerprint density at radius 2 is 1.48 bits per heavy atom. The number of benzene rings is 2. The molecule has 0 bridgehead atoms. The van der Waals surface area contributed by atoms with Crippen molar-refractivity contribution in [1.82, 2.24) is 30.4 Å². The van der Waals surface area contributed by atoms with Crippen LogP contribution in [0.3, 0.4) is 0 Å². The van der Waals surface area contributed by atoms with Gasteiger partial charge in [0.1, 0.15) is 17.9 Å². The highest BCUT2D eigenvalue weighted by atomic mass is 32.1. The molecule has 0 spiro atoms. The highest BCUT2D eigenvalue weighted by molar-refractivity contribution is 7.19. The van der Waals surface area contributed by atoms with Gasteiger partial charge in [0.15, 0.2) is 0 Å². The maximum atomic E-state index is 13.7. The largest absolute Gasteiger partial charge is 0.453 e. The number of aromatic amines is 1. The summed E-state index contributed by atoms with van der Waals surface area (Å²) < 4.78 is 9.61. The number of nitrogens with one attached hydrogen (secondary N) is 4. The summed E-state index contributed by atoms with van der Waals surface area (Å²) in [5.41, 5.74) is 8.83. The monoisotopic (exact) mass is 876 g/mol. The molecule has 14 nitrogen and oxygen atoms in total. The first-order valence-electron chi connectivity index (χ1n) is 22.4. The molecule has 15 heteroatoms. The molecule has 6 unspecified atom stereocenters. The molecule has 1 saturated carbocycles. The molecule has 4 N–H and O–H groups in total. The predicted molar refractivity (Wildman–Crippen MR) is 246 cm³/mol. The molecule has 63 heavy (non-hydrogen) atoms. The number of ether oxygens (including phenoxy) is 2. The highest BCUT2D eigenvalue weighted by Gasteiger charge is 2.44. The van der Waals surface area contributed by atoms with Gasteiger partial charge in [0.2, 0.25) is 11.8 Å². The number of fused-ring (bicyclic) bond motifs is 3. The molecule has 3 fully saturated rings. The van der Waals surface area contributed by atoms with E-state index >= 15 is 0 Å². The van der Waals surface area contributed by atoms with Crippen molar-refractivity contribution in [3.8, 4) is 32.1 Å². The molecule has 2 saturated heterocycles. The van der Waals surface area contributed by atoms with E-state index in [4.69, 9.17) is 14.5 Å². The van der Waals surface area contributed by atoms with Gasteiger partial charge in [-0.05, 0) is 115 Å². The maximum Gasteiger partial charge on any atom is 0.407 e. The Morgan fingerprint density at radius 3 is 2.11 bits per heavy atom. The first kappa shape index (κ1) is 43.9. The van der Waals surface area contributed by atoms with E-state index in [1.165, 1.54) is 53.5 Å². The highest BCUT2D eigenvalue weighted by Crippen LogP contribution is 2.59. The van der Waals surface area contributed by atoms with Crippen LogP contribution in [0, 0.1) is 17.8 Å². The number of amides is 4. The molecule has 4 aliphatic rings. The Morgan fingerprint density at radius 1 is 0.841 bits per heavy atom. The number of hydrogen-bond donors (Lipinski definition) is 4. The lowest BCUT2D eigenvalue weighted by Crippen LogP contribution is -2.53. The van der Waals surface area contributed by atoms with Gasteiger partial charge in [-0.2, -0.15) is 0 Å². The summed E-state index contributed by atoms with van der Waals surface area (Å²) in [4.78, 5) is 70.5. The average molecular weight is 877 g/mol. The third-order valence-corrected chi connectivity index (χ3v) is 15.0. The zero-order chi connectivity index (χ0) is 44.5. The number of aliphatic imine (C=N–C) groups is 1. The van der Waals surface area contributed by atoms with Gasteiger partial charge in [0.25, 0.3) is 0 Å². The van der Waals surface area contributed by atoms with Crippen molar-refractivity contribution in [3.63, 3.8) is 0 Å². The topological polar surface area (TPSA) is 170 Å². The van der Waals surface area contributed by atoms with E-state index in [0.717, 1.165) is 66.1 Å². The molecule has 2 aromatic heterocycles. The van der Waals surface area contributed by atoms with Gasteiger partial charge in [-0.1, -0.05) is 58.0 Å². The minimum atomic E-state index is -0.689. The summed E-state index contributed by atoms with van der Waals surface area (Å²) in [5.74, 6) is 1.57. The van der Waals surface area contributed by atoms with E-state index < -0.39 is 24.3 Å². The van der Waals surface area contributed by atoms with E-state index in [1.54, 1.807) is 0 Å². The fourth-order valence-electron chi connectivity index (χ4n) is 10.0. The summed E-state index contributed by atoms with van der Waals surface area (Å²) in [6.45, 7) is 13.3. The van der Waals surface area contributed by atoms with Crippen LogP contribution >= 0.6 is 11.3 Å². The minimum absolute atomic E-state index is 0.0371. The van der Waals surface area contributed by atoms with E-state index in [-0.39, 0.29) is 35.7 Å². The summed E-state index contributed by atoms with van der Waals surface area (Å²) in [7, 11) is 2.61. The maximum absolute atomic E-state index is 13.7. The lowest BCUT2D eigenvalue weighted by atomic mass is 9.74. The van der Waals surface area contributed by atoms with Crippen LogP contribution in [0.25, 0.3) is 32.1 Å². The molecule has 2 aromatic carbocycles. The third kappa shape index (κ3) is 8.68. The fourth-order valence-corrected chi connectivity index (χ4v) is 11.4. The van der Waals surface area contributed by atoms with Crippen molar-refractivity contribution < 1.29 is 28.7 Å². The Bertz CT molecular complexity index is 2360. The zero-order valence-electron chi connectivity index (χ0n) is 37.2. The Hall–Kier alpha value is -5.70. The molecule has 4 aromatic rings. The van der Waals surface area contributed by atoms with E-state index in [2.05, 4.69) is 69.0 Å². The average Bonchev–Trinajstić information content (AvgIpc) is 4.13. The van der Waals surface area contributed by atoms with Crippen LogP contribution in [0.5, 0.6) is 0 Å². The smallest absolute Gasteiger partial charge is 0.407 e. The number of anilines is 1. The fraction of sp³-hybridized carbons (Fsp3) is 0.500. The van der Waals surface area contributed by atoms with Crippen LogP contribution in [0.4, 0.5) is 21.0 Å². The quantitative estimate of drug-likeness (QED) is 0.0913. The van der Waals surface area contributed by atoms with Crippen molar-refractivity contribution in [3.05, 3.63) is 65.6 Å². The second-order valence-corrected chi connectivity index (χ2v) is 19.1. The number of alkyl carbamates (subject to hydrolysis) is 2. The molecule has 0 radical (unpaired) electrons. The van der Waals surface area contributed by atoms with E-state index in [1.807, 2.05) is 61.1 Å². The summed E-state index contributed by atoms with van der Waals surface area (Å²) >= 11 is 1.86. The van der Waals surface area contributed by atoms with Crippen LogP contribution in [0.2, 0.25) is 0 Å². The molecule has 8 rings (SSSR count). The van der Waals surface area contributed by atoms with Crippen molar-refractivity contribution in [2.75, 3.05) is 39.2 Å². The number of imidazole rings is 1. The second-order valence-electron chi connectivity index (χ2n) is 18.1. The lowest BCUT2D eigenvalue weighted by Gasteiger charge is -2.31.